The molecule has 1 amide bonds. The predicted molar refractivity (Wildman–Crippen MR) is 82.9 cm³/mol. The molecule has 108 valence electrons. The van der Waals surface area contributed by atoms with Gasteiger partial charge in [-0.3, -0.25) is 4.79 Å². The minimum atomic E-state index is 0. The standard InChI is InChI=1S/C13H20BrN3O.ClH/c1-9(2)17-8-10(14)7-12(17)13(18)16-5-3-11(15)4-6-16;/h7-9,11H,3-6,15H2,1-2H3;1H. The lowest BCUT2D eigenvalue weighted by Gasteiger charge is -2.30. The Morgan fingerprint density at radius 3 is 2.53 bits per heavy atom. The van der Waals surface area contributed by atoms with E-state index >= 15 is 0 Å². The van der Waals surface area contributed by atoms with Crippen molar-refractivity contribution in [2.45, 2.75) is 38.8 Å². The van der Waals surface area contributed by atoms with Gasteiger partial charge < -0.3 is 15.2 Å². The molecule has 0 radical (unpaired) electrons. The zero-order chi connectivity index (χ0) is 13.3. The number of piperidine rings is 1. The van der Waals surface area contributed by atoms with Crippen LogP contribution >= 0.6 is 28.3 Å². The summed E-state index contributed by atoms with van der Waals surface area (Å²) >= 11 is 3.44. The molecule has 0 aromatic carbocycles. The van der Waals surface area contributed by atoms with Gasteiger partial charge in [-0.1, -0.05) is 0 Å². The van der Waals surface area contributed by atoms with Crippen LogP contribution in [0.1, 0.15) is 43.2 Å². The van der Waals surface area contributed by atoms with Crippen molar-refractivity contribution < 1.29 is 4.79 Å². The van der Waals surface area contributed by atoms with Gasteiger partial charge in [0.15, 0.2) is 0 Å². The second-order valence-electron chi connectivity index (χ2n) is 5.17. The third kappa shape index (κ3) is 3.74. The minimum absolute atomic E-state index is 0. The van der Waals surface area contributed by atoms with Gasteiger partial charge in [0.2, 0.25) is 0 Å². The minimum Gasteiger partial charge on any atom is -0.340 e. The van der Waals surface area contributed by atoms with Crippen molar-refractivity contribution >= 4 is 34.2 Å². The van der Waals surface area contributed by atoms with Crippen molar-refractivity contribution in [3.63, 3.8) is 0 Å². The Hall–Kier alpha value is -0.520. The normalized spacial score (nSPS) is 16.6. The van der Waals surface area contributed by atoms with Crippen molar-refractivity contribution in [2.75, 3.05) is 13.1 Å². The molecule has 2 heterocycles. The fourth-order valence-corrected chi connectivity index (χ4v) is 2.75. The summed E-state index contributed by atoms with van der Waals surface area (Å²) in [6, 6.07) is 2.43. The van der Waals surface area contributed by atoms with Crippen molar-refractivity contribution in [3.05, 3.63) is 22.4 Å². The third-order valence-corrected chi connectivity index (χ3v) is 3.85. The average Bonchev–Trinajstić information content (AvgIpc) is 2.71. The molecule has 0 spiro atoms. The highest BCUT2D eigenvalue weighted by molar-refractivity contribution is 9.10. The Morgan fingerprint density at radius 1 is 1.42 bits per heavy atom. The first-order valence-electron chi connectivity index (χ1n) is 6.41. The van der Waals surface area contributed by atoms with Gasteiger partial charge in [-0.15, -0.1) is 12.4 Å². The Labute approximate surface area is 128 Å². The van der Waals surface area contributed by atoms with Crippen molar-refractivity contribution in [2.24, 2.45) is 5.73 Å². The molecule has 0 atom stereocenters. The van der Waals surface area contributed by atoms with Crippen LogP contribution in [0.3, 0.4) is 0 Å². The van der Waals surface area contributed by atoms with E-state index in [-0.39, 0.29) is 30.4 Å². The summed E-state index contributed by atoms with van der Waals surface area (Å²) in [5, 5.41) is 0. The second-order valence-corrected chi connectivity index (χ2v) is 6.09. The molecular formula is C13H21BrClN3O. The monoisotopic (exact) mass is 349 g/mol. The summed E-state index contributed by atoms with van der Waals surface area (Å²) in [6.45, 7) is 5.69. The van der Waals surface area contributed by atoms with E-state index in [0.717, 1.165) is 36.1 Å². The first-order valence-corrected chi connectivity index (χ1v) is 7.20. The summed E-state index contributed by atoms with van der Waals surface area (Å²) in [4.78, 5) is 14.4. The van der Waals surface area contributed by atoms with E-state index in [2.05, 4.69) is 29.8 Å². The molecular weight excluding hydrogens is 330 g/mol. The molecule has 0 saturated carbocycles. The number of nitrogens with two attached hydrogens (primary N) is 1. The Bertz CT molecular complexity index is 439. The number of amides is 1. The largest absolute Gasteiger partial charge is 0.340 e. The summed E-state index contributed by atoms with van der Waals surface area (Å²) in [5.41, 5.74) is 6.62. The quantitative estimate of drug-likeness (QED) is 0.891. The summed E-state index contributed by atoms with van der Waals surface area (Å²) < 4.78 is 2.97. The summed E-state index contributed by atoms with van der Waals surface area (Å²) in [6.07, 6.45) is 3.76. The van der Waals surface area contributed by atoms with Crippen LogP contribution in [0.25, 0.3) is 0 Å². The number of halogens is 2. The Balaban J connectivity index is 0.00000180. The smallest absolute Gasteiger partial charge is 0.270 e. The molecule has 1 aromatic rings. The van der Waals surface area contributed by atoms with Gasteiger partial charge in [0, 0.05) is 35.8 Å². The molecule has 19 heavy (non-hydrogen) atoms. The van der Waals surface area contributed by atoms with Crippen LogP contribution in [0.2, 0.25) is 0 Å². The molecule has 1 saturated heterocycles. The first-order chi connectivity index (χ1) is 8.49. The van der Waals surface area contributed by atoms with E-state index in [1.807, 2.05) is 21.7 Å². The number of likely N-dealkylation sites (tertiary alicyclic amines) is 1. The second kappa shape index (κ2) is 6.77. The Kier molecular flexibility index (Phi) is 5.89. The Morgan fingerprint density at radius 2 is 2.00 bits per heavy atom. The fourth-order valence-electron chi connectivity index (χ4n) is 2.31. The molecule has 6 heteroatoms. The lowest BCUT2D eigenvalue weighted by atomic mass is 10.1. The molecule has 2 N–H and O–H groups in total. The number of aromatic nitrogens is 1. The van der Waals surface area contributed by atoms with Gasteiger partial charge >= 0.3 is 0 Å². The zero-order valence-electron chi connectivity index (χ0n) is 11.3. The average molecular weight is 351 g/mol. The van der Waals surface area contributed by atoms with E-state index in [0.29, 0.717) is 0 Å². The van der Waals surface area contributed by atoms with Gasteiger partial charge in [-0.25, -0.2) is 0 Å². The van der Waals surface area contributed by atoms with Crippen molar-refractivity contribution in [1.82, 2.24) is 9.47 Å². The zero-order valence-corrected chi connectivity index (χ0v) is 13.7. The van der Waals surface area contributed by atoms with Gasteiger partial charge in [-0.05, 0) is 48.7 Å². The molecule has 1 aromatic heterocycles. The highest BCUT2D eigenvalue weighted by atomic mass is 79.9. The number of hydrogen-bond donors (Lipinski definition) is 1. The number of nitrogens with zero attached hydrogens (tertiary/aromatic N) is 2. The molecule has 1 aliphatic rings. The SMILES string of the molecule is CC(C)n1cc(Br)cc1C(=O)N1CCC(N)CC1.Cl. The van der Waals surface area contributed by atoms with Crippen LogP contribution in [0.15, 0.2) is 16.7 Å². The first kappa shape index (κ1) is 16.5. The van der Waals surface area contributed by atoms with E-state index in [1.165, 1.54) is 0 Å². The van der Waals surface area contributed by atoms with Crippen LogP contribution in [0.4, 0.5) is 0 Å². The molecule has 1 aliphatic heterocycles. The lowest BCUT2D eigenvalue weighted by molar-refractivity contribution is 0.0702. The van der Waals surface area contributed by atoms with Gasteiger partial charge in [0.1, 0.15) is 5.69 Å². The van der Waals surface area contributed by atoms with Crippen molar-refractivity contribution in [3.8, 4) is 0 Å². The third-order valence-electron chi connectivity index (χ3n) is 3.42. The van der Waals surface area contributed by atoms with E-state index in [9.17, 15) is 4.79 Å². The molecule has 0 unspecified atom stereocenters. The van der Waals surface area contributed by atoms with Crippen LogP contribution < -0.4 is 5.73 Å². The molecule has 2 rings (SSSR count). The molecule has 1 fully saturated rings. The number of rotatable bonds is 2. The van der Waals surface area contributed by atoms with E-state index in [1.54, 1.807) is 0 Å². The van der Waals surface area contributed by atoms with Crippen LogP contribution in [0.5, 0.6) is 0 Å². The van der Waals surface area contributed by atoms with Crippen LogP contribution in [-0.2, 0) is 0 Å². The highest BCUT2D eigenvalue weighted by Gasteiger charge is 2.24. The molecule has 0 bridgehead atoms. The highest BCUT2D eigenvalue weighted by Crippen LogP contribution is 2.22. The summed E-state index contributed by atoms with van der Waals surface area (Å²) in [7, 11) is 0. The fraction of sp³-hybridized carbons (Fsp3) is 0.615. The maximum absolute atomic E-state index is 12.5. The van der Waals surface area contributed by atoms with Crippen LogP contribution in [-0.4, -0.2) is 34.5 Å². The topological polar surface area (TPSA) is 51.3 Å². The number of carbonyl (C=O) groups is 1. The predicted octanol–water partition coefficient (Wildman–Crippen LogP) is 2.82. The molecule has 0 aliphatic carbocycles. The van der Waals surface area contributed by atoms with Gasteiger partial charge in [0.25, 0.3) is 5.91 Å². The maximum Gasteiger partial charge on any atom is 0.270 e. The molecule has 4 nitrogen and oxygen atoms in total. The summed E-state index contributed by atoms with van der Waals surface area (Å²) in [5.74, 6) is 0.112. The lowest BCUT2D eigenvalue weighted by Crippen LogP contribution is -2.43. The van der Waals surface area contributed by atoms with Crippen molar-refractivity contribution in [1.29, 1.82) is 0 Å². The van der Waals surface area contributed by atoms with Gasteiger partial charge in [-0.2, -0.15) is 0 Å². The van der Waals surface area contributed by atoms with E-state index < -0.39 is 0 Å². The maximum atomic E-state index is 12.5. The van der Waals surface area contributed by atoms with Crippen LogP contribution in [0, 0.1) is 0 Å². The van der Waals surface area contributed by atoms with E-state index in [4.69, 9.17) is 5.73 Å². The van der Waals surface area contributed by atoms with Gasteiger partial charge in [0.05, 0.1) is 0 Å². The number of carbonyl (C=O) groups excluding carboxylic acids is 1. The number of hydrogen-bond acceptors (Lipinski definition) is 2.